The van der Waals surface area contributed by atoms with Crippen molar-refractivity contribution >= 4 is 12.2 Å². The van der Waals surface area contributed by atoms with Gasteiger partial charge in [-0.15, -0.1) is 0 Å². The summed E-state index contributed by atoms with van der Waals surface area (Å²) in [7, 11) is 0. The molecule has 0 unspecified atom stereocenters. The van der Waals surface area contributed by atoms with Gasteiger partial charge >= 0.3 is 0 Å². The van der Waals surface area contributed by atoms with E-state index >= 15 is 0 Å². The molecule has 0 bridgehead atoms. The van der Waals surface area contributed by atoms with Gasteiger partial charge in [-0.2, -0.15) is 0 Å². The minimum Gasteiger partial charge on any atom is -0.363 e. The van der Waals surface area contributed by atoms with Crippen LogP contribution in [0.2, 0.25) is 0 Å². The van der Waals surface area contributed by atoms with Gasteiger partial charge in [0, 0.05) is 6.54 Å². The second-order valence-electron chi connectivity index (χ2n) is 2.18. The molecule has 1 amide bonds. The quantitative estimate of drug-likeness (QED) is 0.169. The fourth-order valence-corrected chi connectivity index (χ4v) is 0.477. The molecule has 12 heavy (non-hydrogen) atoms. The number of carbonyl (C=O) groups excluding carboxylic acids is 2. The Balaban J connectivity index is 0. The Hall–Kier alpha value is -0.940. The van der Waals surface area contributed by atoms with E-state index in [-0.39, 0.29) is 6.29 Å². The maximum atomic E-state index is 9.22. The van der Waals surface area contributed by atoms with Gasteiger partial charge in [-0.25, -0.2) is 0 Å². The molecule has 0 saturated heterocycles. The first-order valence-electron chi connectivity index (χ1n) is 3.87. The van der Waals surface area contributed by atoms with Gasteiger partial charge in [-0.05, 0) is 6.42 Å². The number of amides is 1. The molecule has 0 aliphatic rings. The number of hydrazine groups is 1. The maximum absolute atomic E-state index is 9.22. The molecular weight excluding hydrogens is 158 g/mol. The summed E-state index contributed by atoms with van der Waals surface area (Å²) >= 11 is 0. The normalized spacial score (nSPS) is 8.17. The zero-order valence-electron chi connectivity index (χ0n) is 7.38. The summed E-state index contributed by atoms with van der Waals surface area (Å²) in [6.07, 6.45) is 3.80. The van der Waals surface area contributed by atoms with Crippen LogP contribution >= 0.6 is 0 Å². The summed E-state index contributed by atoms with van der Waals surface area (Å²) in [6, 6.07) is 0. The average molecular weight is 175 g/mol. The summed E-state index contributed by atoms with van der Waals surface area (Å²) in [5, 5.41) is 0. The molecule has 0 aliphatic heterocycles. The van der Waals surface area contributed by atoms with Crippen molar-refractivity contribution in [3.63, 3.8) is 0 Å². The van der Waals surface area contributed by atoms with E-state index in [1.807, 2.05) is 0 Å². The summed E-state index contributed by atoms with van der Waals surface area (Å²) in [5.41, 5.74) is 6.89. The van der Waals surface area contributed by atoms with Crippen molar-refractivity contribution in [3.8, 4) is 0 Å². The van der Waals surface area contributed by atoms with Crippen LogP contribution in [0.15, 0.2) is 0 Å². The number of unbranched alkanes of at least 4 members (excludes halogenated alkanes) is 2. The fraction of sp³-hybridized carbons (Fsp3) is 0.714. The molecule has 0 heterocycles. The van der Waals surface area contributed by atoms with E-state index < -0.39 is 5.91 Å². The van der Waals surface area contributed by atoms with Gasteiger partial charge in [0.1, 0.15) is 0 Å². The topological polar surface area (TPSA) is 98.2 Å². The highest BCUT2D eigenvalue weighted by molar-refractivity contribution is 6.22. The number of hydrogen-bond donors (Lipinski definition) is 3. The second kappa shape index (κ2) is 12.7. The Kier molecular flexibility index (Phi) is 14.4. The first-order valence-corrected chi connectivity index (χ1v) is 3.87. The van der Waals surface area contributed by atoms with E-state index in [0.717, 1.165) is 6.54 Å². The van der Waals surface area contributed by atoms with Crippen LogP contribution in [0, 0.1) is 0 Å². The number of rotatable bonds is 5. The molecule has 0 rings (SSSR count). The highest BCUT2D eigenvalue weighted by Gasteiger charge is 1.79. The standard InChI is InChI=1S/C5H14N2.C2H3NO2/c1-2-3-4-5-7-6;3-2(5)1-4/h7H,2-6H2,1H3;1H,(H2,3,5). The van der Waals surface area contributed by atoms with Crippen LogP contribution in [-0.2, 0) is 9.59 Å². The van der Waals surface area contributed by atoms with Crippen LogP contribution in [0.25, 0.3) is 0 Å². The van der Waals surface area contributed by atoms with Gasteiger partial charge in [0.05, 0.1) is 0 Å². The number of aldehydes is 1. The molecule has 72 valence electrons. The summed E-state index contributed by atoms with van der Waals surface area (Å²) in [6.45, 7) is 3.13. The van der Waals surface area contributed by atoms with Gasteiger partial charge in [-0.1, -0.05) is 19.8 Å². The molecule has 0 aliphatic carbocycles. The molecule has 5 heteroatoms. The van der Waals surface area contributed by atoms with Gasteiger partial charge < -0.3 is 5.73 Å². The lowest BCUT2D eigenvalue weighted by molar-refractivity contribution is -0.129. The largest absolute Gasteiger partial charge is 0.363 e. The van der Waals surface area contributed by atoms with E-state index in [4.69, 9.17) is 10.6 Å². The minimum atomic E-state index is -0.926. The molecule has 0 fully saturated rings. The Bertz CT molecular complexity index is 113. The van der Waals surface area contributed by atoms with E-state index in [1.165, 1.54) is 19.3 Å². The fourth-order valence-electron chi connectivity index (χ4n) is 0.477. The third kappa shape index (κ3) is 23.0. The van der Waals surface area contributed by atoms with Gasteiger partial charge in [0.15, 0.2) is 0 Å². The van der Waals surface area contributed by atoms with Crippen molar-refractivity contribution in [2.75, 3.05) is 6.54 Å². The lowest BCUT2D eigenvalue weighted by atomic mass is 10.3. The lowest BCUT2D eigenvalue weighted by Crippen LogP contribution is -2.22. The second-order valence-corrected chi connectivity index (χ2v) is 2.18. The van der Waals surface area contributed by atoms with E-state index in [9.17, 15) is 4.79 Å². The molecule has 0 saturated carbocycles. The molecule has 5 N–H and O–H groups in total. The smallest absolute Gasteiger partial charge is 0.281 e. The molecule has 0 radical (unpaired) electrons. The summed E-state index contributed by atoms with van der Waals surface area (Å²) in [4.78, 5) is 18.3. The Morgan fingerprint density at radius 2 is 2.00 bits per heavy atom. The molecule has 0 aromatic heterocycles. The number of hydrogen-bond acceptors (Lipinski definition) is 4. The van der Waals surface area contributed by atoms with Crippen molar-refractivity contribution in [2.24, 2.45) is 11.6 Å². The number of primary amides is 1. The van der Waals surface area contributed by atoms with Gasteiger partial charge in [-0.3, -0.25) is 20.9 Å². The monoisotopic (exact) mass is 175 g/mol. The molecular formula is C7H17N3O2. The number of carbonyl (C=O) groups is 2. The van der Waals surface area contributed by atoms with E-state index in [0.29, 0.717) is 0 Å². The third-order valence-corrected chi connectivity index (χ3v) is 1.04. The van der Waals surface area contributed by atoms with Crippen molar-refractivity contribution in [1.29, 1.82) is 0 Å². The average Bonchev–Trinajstić information content (AvgIpc) is 2.07. The highest BCUT2D eigenvalue weighted by atomic mass is 16.2. The lowest BCUT2D eigenvalue weighted by Gasteiger charge is -1.93. The number of nitrogens with one attached hydrogen (secondary N) is 1. The highest BCUT2D eigenvalue weighted by Crippen LogP contribution is 1.89. The maximum Gasteiger partial charge on any atom is 0.281 e. The first-order chi connectivity index (χ1) is 5.68. The van der Waals surface area contributed by atoms with Gasteiger partial charge in [0.2, 0.25) is 6.29 Å². The van der Waals surface area contributed by atoms with Crippen LogP contribution in [-0.4, -0.2) is 18.7 Å². The summed E-state index contributed by atoms with van der Waals surface area (Å²) < 4.78 is 0. The van der Waals surface area contributed by atoms with Crippen LogP contribution in [0.3, 0.4) is 0 Å². The SMILES string of the molecule is CCCCCNN.NC(=O)C=O. The predicted molar refractivity (Wildman–Crippen MR) is 47.0 cm³/mol. The van der Waals surface area contributed by atoms with Crippen LogP contribution in [0.5, 0.6) is 0 Å². The Morgan fingerprint density at radius 3 is 2.25 bits per heavy atom. The van der Waals surface area contributed by atoms with Gasteiger partial charge in [0.25, 0.3) is 5.91 Å². The zero-order valence-corrected chi connectivity index (χ0v) is 7.38. The molecule has 0 spiro atoms. The number of nitrogens with two attached hydrogens (primary N) is 2. The summed E-state index contributed by atoms with van der Waals surface area (Å²) in [5.74, 6) is 4.09. The van der Waals surface area contributed by atoms with Crippen molar-refractivity contribution in [2.45, 2.75) is 26.2 Å². The van der Waals surface area contributed by atoms with Crippen LogP contribution < -0.4 is 17.0 Å². The predicted octanol–water partition coefficient (Wildman–Crippen LogP) is -0.689. The van der Waals surface area contributed by atoms with Crippen LogP contribution in [0.1, 0.15) is 26.2 Å². The first kappa shape index (κ1) is 13.6. The van der Waals surface area contributed by atoms with E-state index in [2.05, 4.69) is 18.1 Å². The zero-order chi connectivity index (χ0) is 9.82. The third-order valence-electron chi connectivity index (χ3n) is 1.04. The molecule has 0 atom stereocenters. The van der Waals surface area contributed by atoms with Crippen molar-refractivity contribution < 1.29 is 9.59 Å². The molecule has 5 nitrogen and oxygen atoms in total. The van der Waals surface area contributed by atoms with E-state index in [1.54, 1.807) is 0 Å². The Morgan fingerprint density at radius 1 is 1.50 bits per heavy atom. The van der Waals surface area contributed by atoms with Crippen molar-refractivity contribution in [3.05, 3.63) is 0 Å². The Labute approximate surface area is 72.5 Å². The van der Waals surface area contributed by atoms with Crippen LogP contribution in [0.4, 0.5) is 0 Å². The minimum absolute atomic E-state index is 0.0556. The van der Waals surface area contributed by atoms with Crippen molar-refractivity contribution in [1.82, 2.24) is 5.43 Å². The molecule has 0 aromatic rings. The molecule has 0 aromatic carbocycles.